The van der Waals surface area contributed by atoms with Crippen molar-refractivity contribution in [1.29, 1.82) is 0 Å². The topological polar surface area (TPSA) is 141 Å². The summed E-state index contributed by atoms with van der Waals surface area (Å²) in [6, 6.07) is 7.56. The molecule has 5 rings (SSSR count). The maximum absolute atomic E-state index is 14.3. The normalized spacial score (nSPS) is 25.4. The number of aromatic nitrogens is 3. The number of hydrogen-bond donors (Lipinski definition) is 4. The molecule has 1 aromatic carbocycles. The zero-order chi connectivity index (χ0) is 30.5. The van der Waals surface area contributed by atoms with Crippen molar-refractivity contribution >= 4 is 34.5 Å². The van der Waals surface area contributed by atoms with E-state index in [1.54, 1.807) is 28.0 Å². The fourth-order valence-corrected chi connectivity index (χ4v) is 6.29. The van der Waals surface area contributed by atoms with E-state index in [0.717, 1.165) is 29.3 Å². The number of amides is 4. The predicted molar refractivity (Wildman–Crippen MR) is 163 cm³/mol. The Morgan fingerprint density at radius 3 is 2.70 bits per heavy atom. The summed E-state index contributed by atoms with van der Waals surface area (Å²) in [5, 5.41) is 14.4. The second kappa shape index (κ2) is 13.4. The molecule has 3 aromatic rings. The fraction of sp³-hybridized carbons (Fsp3) is 0.531. The summed E-state index contributed by atoms with van der Waals surface area (Å²) in [4.78, 5) is 59.0. The predicted octanol–water partition coefficient (Wildman–Crippen LogP) is 2.53. The van der Waals surface area contributed by atoms with Gasteiger partial charge in [-0.15, -0.1) is 0 Å². The highest BCUT2D eigenvalue weighted by atomic mass is 16.2. The molecule has 2 fully saturated rings. The molecule has 0 unspecified atom stereocenters. The van der Waals surface area contributed by atoms with Crippen LogP contribution >= 0.6 is 0 Å². The lowest BCUT2D eigenvalue weighted by atomic mass is 9.92. The second-order valence-electron chi connectivity index (χ2n) is 12.5. The van der Waals surface area contributed by atoms with Crippen LogP contribution in [0.4, 0.5) is 0 Å². The van der Waals surface area contributed by atoms with Gasteiger partial charge in [-0.2, -0.15) is 5.10 Å². The summed E-state index contributed by atoms with van der Waals surface area (Å²) in [6.07, 6.45) is 7.97. The van der Waals surface area contributed by atoms with Gasteiger partial charge in [0.2, 0.25) is 23.6 Å². The van der Waals surface area contributed by atoms with E-state index in [2.05, 4.69) is 39.9 Å². The lowest BCUT2D eigenvalue weighted by Crippen LogP contribution is -2.55. The Morgan fingerprint density at radius 1 is 1.12 bits per heavy atom. The van der Waals surface area contributed by atoms with Gasteiger partial charge in [-0.1, -0.05) is 39.0 Å². The van der Waals surface area contributed by atoms with E-state index < -0.39 is 12.1 Å². The number of fused-ring (bicyclic) bond motifs is 2. The lowest BCUT2D eigenvalue weighted by Gasteiger charge is -2.30. The fourth-order valence-electron chi connectivity index (χ4n) is 6.29. The summed E-state index contributed by atoms with van der Waals surface area (Å²) in [5.41, 5.74) is 1.86. The molecule has 4 heterocycles. The average Bonchev–Trinajstić information content (AvgIpc) is 3.73. The van der Waals surface area contributed by atoms with Crippen molar-refractivity contribution in [3.63, 3.8) is 0 Å². The quantitative estimate of drug-likeness (QED) is 0.335. The number of rotatable bonds is 7. The zero-order valence-electron chi connectivity index (χ0n) is 25.2. The van der Waals surface area contributed by atoms with Gasteiger partial charge >= 0.3 is 0 Å². The molecule has 2 saturated heterocycles. The van der Waals surface area contributed by atoms with Crippen molar-refractivity contribution in [3.05, 3.63) is 54.5 Å². The highest BCUT2D eigenvalue weighted by molar-refractivity contribution is 5.94. The minimum Gasteiger partial charge on any atom is -0.361 e. The first-order valence-corrected chi connectivity index (χ1v) is 15.4. The number of hydrogen-bond acceptors (Lipinski definition) is 5. The van der Waals surface area contributed by atoms with E-state index in [1.807, 2.05) is 37.4 Å². The van der Waals surface area contributed by atoms with Gasteiger partial charge < -0.3 is 25.8 Å². The van der Waals surface area contributed by atoms with Crippen molar-refractivity contribution in [2.24, 2.45) is 11.8 Å². The van der Waals surface area contributed by atoms with Gasteiger partial charge in [-0.05, 0) is 48.8 Å². The standard InChI is InChI=1S/C32H43N7O4/c1-20(2)25-10-9-21(3)15-30(41)36-27(16-22-18-33-26-8-5-4-7-24(22)26)32(43)39-19-23(17-28(39)31(42)37-25)35-29(40)11-14-38-13-6-12-34-38/h4-8,12-13,18,20-21,23,25,27-28,33H,9-11,14-17,19H2,1-3H3,(H,35,40)(H,36,41)(H,37,42)/t21-,23-,25+,27-,28+/m1/s1. The third-order valence-corrected chi connectivity index (χ3v) is 8.75. The van der Waals surface area contributed by atoms with Crippen molar-refractivity contribution in [1.82, 2.24) is 35.6 Å². The summed E-state index contributed by atoms with van der Waals surface area (Å²) in [7, 11) is 0. The first-order valence-electron chi connectivity index (χ1n) is 15.4. The number of carbonyl (C=O) groups excluding carboxylic acids is 4. The van der Waals surface area contributed by atoms with E-state index in [0.29, 0.717) is 19.4 Å². The third-order valence-electron chi connectivity index (χ3n) is 8.75. The van der Waals surface area contributed by atoms with Crippen LogP contribution in [0, 0.1) is 11.8 Å². The number of para-hydroxylation sites is 1. The number of benzene rings is 1. The Hall–Kier alpha value is -4.15. The Morgan fingerprint density at radius 2 is 1.93 bits per heavy atom. The van der Waals surface area contributed by atoms with Crippen LogP contribution in [0.15, 0.2) is 48.9 Å². The lowest BCUT2D eigenvalue weighted by molar-refractivity contribution is -0.141. The molecular weight excluding hydrogens is 546 g/mol. The van der Waals surface area contributed by atoms with Crippen molar-refractivity contribution in [2.75, 3.05) is 6.54 Å². The first kappa shape index (κ1) is 30.3. The summed E-state index contributed by atoms with van der Waals surface area (Å²) in [6.45, 7) is 6.79. The molecule has 43 heavy (non-hydrogen) atoms. The van der Waals surface area contributed by atoms with E-state index in [9.17, 15) is 19.2 Å². The molecule has 2 aromatic heterocycles. The van der Waals surface area contributed by atoms with Gasteiger partial charge in [0, 0.05) is 73.9 Å². The Balaban J connectivity index is 1.40. The van der Waals surface area contributed by atoms with E-state index >= 15 is 0 Å². The van der Waals surface area contributed by atoms with Crippen molar-refractivity contribution in [2.45, 2.75) is 90.0 Å². The average molecular weight is 590 g/mol. The zero-order valence-corrected chi connectivity index (χ0v) is 25.2. The molecule has 2 aliphatic rings. The summed E-state index contributed by atoms with van der Waals surface area (Å²) >= 11 is 0. The molecule has 2 aliphatic heterocycles. The molecule has 11 nitrogen and oxygen atoms in total. The number of nitrogens with zero attached hydrogens (tertiary/aromatic N) is 3. The molecule has 4 N–H and O–H groups in total. The van der Waals surface area contributed by atoms with Crippen molar-refractivity contribution in [3.8, 4) is 0 Å². The van der Waals surface area contributed by atoms with E-state index in [1.165, 1.54) is 0 Å². The molecule has 0 bridgehead atoms. The maximum atomic E-state index is 14.3. The smallest absolute Gasteiger partial charge is 0.246 e. The van der Waals surface area contributed by atoms with Gasteiger partial charge in [0.15, 0.2) is 0 Å². The molecule has 5 atom stereocenters. The van der Waals surface area contributed by atoms with Crippen LogP contribution in [0.5, 0.6) is 0 Å². The van der Waals surface area contributed by atoms with E-state index in [4.69, 9.17) is 0 Å². The molecule has 4 amide bonds. The van der Waals surface area contributed by atoms with Gasteiger partial charge in [0.25, 0.3) is 0 Å². The minimum atomic E-state index is -0.856. The third kappa shape index (κ3) is 7.44. The summed E-state index contributed by atoms with van der Waals surface area (Å²) < 4.78 is 1.69. The van der Waals surface area contributed by atoms with Crippen LogP contribution in [-0.2, 0) is 32.1 Å². The SMILES string of the molecule is CC(C)[C@@H]1CC[C@@H](C)CC(=O)N[C@H](Cc2c[nH]c3ccccc23)C(=O)N2C[C@H](NC(=O)CCn3cccn3)C[C@H]2C(=O)N1. The molecular formula is C32H43N7O4. The molecule has 0 aliphatic carbocycles. The van der Waals surface area contributed by atoms with E-state index in [-0.39, 0.29) is 66.9 Å². The van der Waals surface area contributed by atoms with Crippen LogP contribution in [0.1, 0.15) is 58.4 Å². The first-order chi connectivity index (χ1) is 20.7. The number of carbonyl (C=O) groups is 4. The van der Waals surface area contributed by atoms with Crippen LogP contribution in [0.3, 0.4) is 0 Å². The Kier molecular flexibility index (Phi) is 9.47. The molecule has 230 valence electrons. The monoisotopic (exact) mass is 589 g/mol. The number of nitrogens with one attached hydrogen (secondary N) is 4. The van der Waals surface area contributed by atoms with Crippen LogP contribution in [-0.4, -0.2) is 74.0 Å². The highest BCUT2D eigenvalue weighted by Gasteiger charge is 2.43. The molecule has 0 radical (unpaired) electrons. The van der Waals surface area contributed by atoms with Gasteiger partial charge in [0.05, 0.1) is 0 Å². The summed E-state index contributed by atoms with van der Waals surface area (Å²) in [5.74, 6) is -0.591. The largest absolute Gasteiger partial charge is 0.361 e. The number of H-pyrrole nitrogens is 1. The maximum Gasteiger partial charge on any atom is 0.246 e. The molecule has 0 saturated carbocycles. The minimum absolute atomic E-state index is 0.0829. The van der Waals surface area contributed by atoms with Crippen LogP contribution in [0.2, 0.25) is 0 Å². The second-order valence-corrected chi connectivity index (χ2v) is 12.5. The van der Waals surface area contributed by atoms with Gasteiger partial charge in [-0.25, -0.2) is 0 Å². The van der Waals surface area contributed by atoms with Gasteiger partial charge in [-0.3, -0.25) is 23.9 Å². The number of aromatic amines is 1. The Labute approximate surface area is 252 Å². The molecule has 0 spiro atoms. The van der Waals surface area contributed by atoms with Crippen LogP contribution in [0.25, 0.3) is 10.9 Å². The number of aryl methyl sites for hydroxylation is 1. The van der Waals surface area contributed by atoms with Gasteiger partial charge in [0.1, 0.15) is 12.1 Å². The Bertz CT molecular complexity index is 1430. The molecule has 11 heteroatoms. The van der Waals surface area contributed by atoms with Crippen molar-refractivity contribution < 1.29 is 19.2 Å². The highest BCUT2D eigenvalue weighted by Crippen LogP contribution is 2.25. The van der Waals surface area contributed by atoms with Crippen LogP contribution < -0.4 is 16.0 Å².